The molecule has 0 radical (unpaired) electrons. The predicted molar refractivity (Wildman–Crippen MR) is 85.0 cm³/mol. The highest BCUT2D eigenvalue weighted by Gasteiger charge is 2.01. The topological polar surface area (TPSA) is 35.2 Å². The molecule has 2 rings (SSSR count). The second-order valence-corrected chi connectivity index (χ2v) is 5.30. The summed E-state index contributed by atoms with van der Waals surface area (Å²) >= 11 is 1.44. The predicted octanol–water partition coefficient (Wildman–Crippen LogP) is 3.31. The van der Waals surface area contributed by atoms with Crippen LogP contribution in [0.15, 0.2) is 53.4 Å². The Morgan fingerprint density at radius 2 is 2.00 bits per heavy atom. The minimum atomic E-state index is -0.193. The quantitative estimate of drug-likeness (QED) is 0.523. The molecule has 0 fully saturated rings. The van der Waals surface area contributed by atoms with E-state index in [9.17, 15) is 4.39 Å². The first-order chi connectivity index (χ1) is 10.3. The van der Waals surface area contributed by atoms with Crippen molar-refractivity contribution >= 4 is 11.8 Å². The molecule has 21 heavy (non-hydrogen) atoms. The lowest BCUT2D eigenvalue weighted by Gasteiger charge is -2.07. The first-order valence-corrected chi connectivity index (χ1v) is 7.57. The van der Waals surface area contributed by atoms with Crippen molar-refractivity contribution in [3.8, 4) is 17.6 Å². The Hall–Kier alpha value is -1.96. The molecule has 0 amide bonds. The first-order valence-electron chi connectivity index (χ1n) is 6.59. The largest absolute Gasteiger partial charge is 0.493 e. The van der Waals surface area contributed by atoms with Crippen LogP contribution in [0.1, 0.15) is 5.56 Å². The average Bonchev–Trinajstić information content (AvgIpc) is 2.51. The lowest BCUT2D eigenvalue weighted by molar-refractivity contribution is 0.344. The van der Waals surface area contributed by atoms with Gasteiger partial charge in [-0.05, 0) is 30.3 Å². The van der Waals surface area contributed by atoms with Crippen LogP contribution in [-0.4, -0.2) is 18.9 Å². The van der Waals surface area contributed by atoms with Crippen molar-refractivity contribution in [3.05, 3.63) is 59.9 Å². The maximum atomic E-state index is 13.4. The molecule has 0 heterocycles. The number of rotatable bonds is 5. The highest BCUT2D eigenvalue weighted by atomic mass is 32.2. The van der Waals surface area contributed by atoms with Crippen LogP contribution < -0.4 is 10.5 Å². The normalized spacial score (nSPS) is 9.81. The highest BCUT2D eigenvalue weighted by molar-refractivity contribution is 7.99. The molecule has 0 saturated carbocycles. The van der Waals surface area contributed by atoms with E-state index in [1.807, 2.05) is 30.3 Å². The maximum Gasteiger partial charge on any atom is 0.136 e. The summed E-state index contributed by atoms with van der Waals surface area (Å²) in [6, 6.07) is 14.3. The number of thioether (sulfide) groups is 1. The van der Waals surface area contributed by atoms with Crippen LogP contribution in [0.25, 0.3) is 0 Å². The zero-order valence-electron chi connectivity index (χ0n) is 11.5. The van der Waals surface area contributed by atoms with Gasteiger partial charge in [-0.1, -0.05) is 30.0 Å². The maximum absolute atomic E-state index is 13.4. The van der Waals surface area contributed by atoms with E-state index in [1.54, 1.807) is 12.1 Å². The van der Waals surface area contributed by atoms with Gasteiger partial charge in [-0.25, -0.2) is 4.39 Å². The van der Waals surface area contributed by atoms with Crippen molar-refractivity contribution in [2.24, 2.45) is 5.73 Å². The van der Waals surface area contributed by atoms with Crippen LogP contribution in [0.2, 0.25) is 0 Å². The van der Waals surface area contributed by atoms with Gasteiger partial charge in [0.05, 0.1) is 13.2 Å². The molecule has 0 saturated heterocycles. The minimum absolute atomic E-state index is 0.193. The molecular formula is C17H16FNOS. The Balaban J connectivity index is 1.82. The van der Waals surface area contributed by atoms with Gasteiger partial charge < -0.3 is 10.5 Å². The molecule has 4 heteroatoms. The standard InChI is InChI=1S/C17H16FNOS/c18-16-8-1-2-9-17(16)21-12-11-20-15-7-3-5-14(13-15)6-4-10-19/h1-3,5,7-9,13H,10-12,19H2. The summed E-state index contributed by atoms with van der Waals surface area (Å²) in [6.07, 6.45) is 0. The van der Waals surface area contributed by atoms with Crippen LogP contribution in [-0.2, 0) is 0 Å². The Morgan fingerprint density at radius 1 is 1.14 bits per heavy atom. The van der Waals surface area contributed by atoms with Crippen molar-refractivity contribution in [3.63, 3.8) is 0 Å². The summed E-state index contributed by atoms with van der Waals surface area (Å²) < 4.78 is 19.1. The van der Waals surface area contributed by atoms with Crippen LogP contribution in [0.4, 0.5) is 4.39 Å². The summed E-state index contributed by atoms with van der Waals surface area (Å²) in [5.74, 6) is 7.01. The van der Waals surface area contributed by atoms with Crippen LogP contribution >= 0.6 is 11.8 Å². The van der Waals surface area contributed by atoms with Gasteiger partial charge in [0, 0.05) is 16.2 Å². The number of hydrogen-bond donors (Lipinski definition) is 1. The van der Waals surface area contributed by atoms with E-state index in [4.69, 9.17) is 10.5 Å². The Bertz CT molecular complexity index is 648. The van der Waals surface area contributed by atoms with Gasteiger partial charge in [-0.2, -0.15) is 0 Å². The van der Waals surface area contributed by atoms with E-state index in [0.29, 0.717) is 23.8 Å². The molecule has 0 atom stereocenters. The molecule has 0 aliphatic carbocycles. The van der Waals surface area contributed by atoms with Gasteiger partial charge in [-0.15, -0.1) is 11.8 Å². The highest BCUT2D eigenvalue weighted by Crippen LogP contribution is 2.21. The molecular weight excluding hydrogens is 285 g/mol. The van der Waals surface area contributed by atoms with Crippen molar-refractivity contribution < 1.29 is 9.13 Å². The molecule has 0 bridgehead atoms. The van der Waals surface area contributed by atoms with Gasteiger partial charge >= 0.3 is 0 Å². The second-order valence-electron chi connectivity index (χ2n) is 4.16. The Labute approximate surface area is 128 Å². The molecule has 108 valence electrons. The monoisotopic (exact) mass is 301 g/mol. The van der Waals surface area contributed by atoms with Crippen molar-refractivity contribution in [2.75, 3.05) is 18.9 Å². The fraction of sp³-hybridized carbons (Fsp3) is 0.176. The van der Waals surface area contributed by atoms with E-state index < -0.39 is 0 Å². The number of benzene rings is 2. The van der Waals surface area contributed by atoms with E-state index in [1.165, 1.54) is 17.8 Å². The molecule has 0 spiro atoms. The number of hydrogen-bond acceptors (Lipinski definition) is 3. The molecule has 0 aliphatic rings. The van der Waals surface area contributed by atoms with Gasteiger partial charge in [0.15, 0.2) is 0 Å². The SMILES string of the molecule is NCC#Cc1cccc(OCCSc2ccccc2F)c1. The van der Waals surface area contributed by atoms with E-state index >= 15 is 0 Å². The van der Waals surface area contributed by atoms with Gasteiger partial charge in [0.25, 0.3) is 0 Å². The molecule has 0 unspecified atom stereocenters. The number of halogens is 1. The lowest BCUT2D eigenvalue weighted by atomic mass is 10.2. The summed E-state index contributed by atoms with van der Waals surface area (Å²) in [7, 11) is 0. The van der Waals surface area contributed by atoms with E-state index in [-0.39, 0.29) is 5.82 Å². The van der Waals surface area contributed by atoms with Crippen LogP contribution in [0.5, 0.6) is 5.75 Å². The number of ether oxygens (including phenoxy) is 1. The Morgan fingerprint density at radius 3 is 2.81 bits per heavy atom. The van der Waals surface area contributed by atoms with Crippen molar-refractivity contribution in [2.45, 2.75) is 4.90 Å². The van der Waals surface area contributed by atoms with Crippen molar-refractivity contribution in [1.82, 2.24) is 0 Å². The van der Waals surface area contributed by atoms with Crippen molar-refractivity contribution in [1.29, 1.82) is 0 Å². The number of nitrogens with two attached hydrogens (primary N) is 1. The van der Waals surface area contributed by atoms with Gasteiger partial charge in [-0.3, -0.25) is 0 Å². The second kappa shape index (κ2) is 8.35. The third kappa shape index (κ3) is 5.14. The third-order valence-corrected chi connectivity index (χ3v) is 3.63. The van der Waals surface area contributed by atoms with Gasteiger partial charge in [0.1, 0.15) is 11.6 Å². The molecule has 2 aromatic carbocycles. The fourth-order valence-electron chi connectivity index (χ4n) is 1.69. The van der Waals surface area contributed by atoms with Gasteiger partial charge in [0.2, 0.25) is 0 Å². The van der Waals surface area contributed by atoms with Crippen LogP contribution in [0, 0.1) is 17.7 Å². The fourth-order valence-corrected chi connectivity index (χ4v) is 2.46. The first kappa shape index (κ1) is 15.4. The molecule has 0 aliphatic heterocycles. The Kier molecular flexibility index (Phi) is 6.14. The van der Waals surface area contributed by atoms with E-state index in [0.717, 1.165) is 11.3 Å². The summed E-state index contributed by atoms with van der Waals surface area (Å²) in [5, 5.41) is 0. The average molecular weight is 301 g/mol. The van der Waals surface area contributed by atoms with Crippen LogP contribution in [0.3, 0.4) is 0 Å². The summed E-state index contributed by atoms with van der Waals surface area (Å²) in [5.41, 5.74) is 6.22. The smallest absolute Gasteiger partial charge is 0.136 e. The van der Waals surface area contributed by atoms with E-state index in [2.05, 4.69) is 11.8 Å². The molecule has 0 aromatic heterocycles. The molecule has 2 aromatic rings. The zero-order chi connectivity index (χ0) is 14.9. The third-order valence-electron chi connectivity index (χ3n) is 2.62. The summed E-state index contributed by atoms with van der Waals surface area (Å²) in [4.78, 5) is 0.642. The molecule has 2 nitrogen and oxygen atoms in total. The summed E-state index contributed by atoms with van der Waals surface area (Å²) in [6.45, 7) is 0.844. The lowest BCUT2D eigenvalue weighted by Crippen LogP contribution is -2.00. The molecule has 2 N–H and O–H groups in total. The minimum Gasteiger partial charge on any atom is -0.493 e. The zero-order valence-corrected chi connectivity index (χ0v) is 12.3.